The largest absolute Gasteiger partial charge is 0.358 e. The molecule has 1 aliphatic rings. The van der Waals surface area contributed by atoms with E-state index in [1.807, 2.05) is 59.1 Å². The highest BCUT2D eigenvalue weighted by molar-refractivity contribution is 6.32. The smallest absolute Gasteiger partial charge is 0.258 e. The molecule has 2 aromatic carbocycles. The highest BCUT2D eigenvalue weighted by Crippen LogP contribution is 2.35. The molecule has 0 aromatic heterocycles. The lowest BCUT2D eigenvalue weighted by molar-refractivity contribution is -0.110. The zero-order valence-electron chi connectivity index (χ0n) is 18.4. The van der Waals surface area contributed by atoms with Crippen LogP contribution in [0.5, 0.6) is 0 Å². The van der Waals surface area contributed by atoms with Crippen LogP contribution in [-0.4, -0.2) is 48.8 Å². The van der Waals surface area contributed by atoms with E-state index in [-0.39, 0.29) is 11.8 Å². The van der Waals surface area contributed by atoms with Crippen molar-refractivity contribution in [3.8, 4) is 0 Å². The van der Waals surface area contributed by atoms with Gasteiger partial charge in [0, 0.05) is 47.8 Å². The van der Waals surface area contributed by atoms with Gasteiger partial charge < -0.3 is 20.4 Å². The van der Waals surface area contributed by atoms with E-state index >= 15 is 0 Å². The maximum Gasteiger partial charge on any atom is 0.258 e. The van der Waals surface area contributed by atoms with Crippen LogP contribution in [0.25, 0.3) is 5.57 Å². The predicted molar refractivity (Wildman–Crippen MR) is 122 cm³/mol. The average molecular weight is 407 g/mol. The summed E-state index contributed by atoms with van der Waals surface area (Å²) < 4.78 is 0. The van der Waals surface area contributed by atoms with Crippen molar-refractivity contribution in [1.29, 1.82) is 0 Å². The molecule has 2 aromatic rings. The minimum Gasteiger partial charge on any atom is -0.358 e. The fraction of sp³-hybridized carbons (Fsp3) is 0.333. The number of hydrogen-bond donors (Lipinski definition) is 2. The quantitative estimate of drug-likeness (QED) is 0.682. The first-order valence-corrected chi connectivity index (χ1v) is 10.3. The van der Waals surface area contributed by atoms with Gasteiger partial charge in [-0.25, -0.2) is 0 Å². The standard InChI is InChI=1S/C24H30N4O2/c1-6-28(7-2)24(30)18-11-12-21-20(14-18)22(23(29)26-21)16(3)25-19-10-8-9-17(13-19)15-27(4)5/h8-14,25H,6-7,15H2,1-5H3,(H,26,29)/b22-16-. The molecule has 0 aliphatic carbocycles. The van der Waals surface area contributed by atoms with Crippen LogP contribution < -0.4 is 10.6 Å². The molecule has 0 saturated heterocycles. The van der Waals surface area contributed by atoms with Crippen molar-refractivity contribution < 1.29 is 9.59 Å². The van der Waals surface area contributed by atoms with Crippen molar-refractivity contribution in [1.82, 2.24) is 9.80 Å². The van der Waals surface area contributed by atoms with Crippen LogP contribution >= 0.6 is 0 Å². The molecule has 0 atom stereocenters. The van der Waals surface area contributed by atoms with Gasteiger partial charge in [-0.15, -0.1) is 0 Å². The average Bonchev–Trinajstić information content (AvgIpc) is 3.03. The molecule has 158 valence electrons. The molecule has 0 unspecified atom stereocenters. The van der Waals surface area contributed by atoms with Gasteiger partial charge in [-0.1, -0.05) is 12.1 Å². The Morgan fingerprint density at radius 2 is 1.80 bits per heavy atom. The van der Waals surface area contributed by atoms with Crippen LogP contribution in [-0.2, 0) is 11.3 Å². The molecule has 6 nitrogen and oxygen atoms in total. The minimum absolute atomic E-state index is 0.0245. The van der Waals surface area contributed by atoms with E-state index in [9.17, 15) is 9.59 Å². The van der Waals surface area contributed by atoms with Gasteiger partial charge in [0.25, 0.3) is 11.8 Å². The SMILES string of the molecule is CCN(CC)C(=O)c1ccc2c(c1)/C(=C(\C)Nc1cccc(CN(C)C)c1)C(=O)N2. The van der Waals surface area contributed by atoms with Gasteiger partial charge in [0.15, 0.2) is 0 Å². The van der Waals surface area contributed by atoms with Gasteiger partial charge in [0.2, 0.25) is 0 Å². The molecule has 1 heterocycles. The van der Waals surface area contributed by atoms with Crippen molar-refractivity contribution in [2.45, 2.75) is 27.3 Å². The van der Waals surface area contributed by atoms with Crippen molar-refractivity contribution >= 4 is 28.8 Å². The molecule has 2 N–H and O–H groups in total. The molecule has 0 fully saturated rings. The summed E-state index contributed by atoms with van der Waals surface area (Å²) in [4.78, 5) is 29.3. The number of hydrogen-bond acceptors (Lipinski definition) is 4. The molecule has 6 heteroatoms. The number of nitrogens with zero attached hydrogens (tertiary/aromatic N) is 2. The van der Waals surface area contributed by atoms with E-state index in [1.165, 1.54) is 5.56 Å². The van der Waals surface area contributed by atoms with Crippen molar-refractivity contribution in [2.24, 2.45) is 0 Å². The number of fused-ring (bicyclic) bond motifs is 1. The van der Waals surface area contributed by atoms with E-state index in [4.69, 9.17) is 0 Å². The summed E-state index contributed by atoms with van der Waals surface area (Å²) in [6.07, 6.45) is 0. The maximum atomic E-state index is 12.8. The van der Waals surface area contributed by atoms with Gasteiger partial charge in [-0.2, -0.15) is 0 Å². The van der Waals surface area contributed by atoms with Crippen molar-refractivity contribution in [3.63, 3.8) is 0 Å². The summed E-state index contributed by atoms with van der Waals surface area (Å²) in [5.41, 5.74) is 5.51. The maximum absolute atomic E-state index is 12.8. The topological polar surface area (TPSA) is 64.7 Å². The number of benzene rings is 2. The highest BCUT2D eigenvalue weighted by Gasteiger charge is 2.28. The predicted octanol–water partition coefficient (Wildman–Crippen LogP) is 4.03. The molecule has 0 saturated carbocycles. The summed E-state index contributed by atoms with van der Waals surface area (Å²) >= 11 is 0. The van der Waals surface area contributed by atoms with Gasteiger partial charge in [0.05, 0.1) is 5.57 Å². The Morgan fingerprint density at radius 1 is 1.07 bits per heavy atom. The fourth-order valence-electron chi connectivity index (χ4n) is 3.76. The highest BCUT2D eigenvalue weighted by atomic mass is 16.2. The molecule has 0 radical (unpaired) electrons. The second-order valence-electron chi connectivity index (χ2n) is 7.76. The van der Waals surface area contributed by atoms with Crippen LogP contribution in [0.2, 0.25) is 0 Å². The summed E-state index contributed by atoms with van der Waals surface area (Å²) in [7, 11) is 4.06. The molecular formula is C24H30N4O2. The zero-order valence-corrected chi connectivity index (χ0v) is 18.4. The van der Waals surface area contributed by atoms with Crippen molar-refractivity contribution in [2.75, 3.05) is 37.8 Å². The molecule has 1 aliphatic heterocycles. The number of carbonyl (C=O) groups excluding carboxylic acids is 2. The Labute approximate surface area is 178 Å². The molecular weight excluding hydrogens is 376 g/mol. The molecule has 3 rings (SSSR count). The van der Waals surface area contributed by atoms with E-state index in [0.717, 1.165) is 29.2 Å². The number of amides is 2. The summed E-state index contributed by atoms with van der Waals surface area (Å²) in [6, 6.07) is 13.5. The zero-order chi connectivity index (χ0) is 21.8. The Morgan fingerprint density at radius 3 is 2.47 bits per heavy atom. The van der Waals surface area contributed by atoms with Crippen LogP contribution in [0.15, 0.2) is 48.2 Å². The lowest BCUT2D eigenvalue weighted by Gasteiger charge is -2.19. The van der Waals surface area contributed by atoms with Crippen LogP contribution in [0.4, 0.5) is 11.4 Å². The number of nitrogens with one attached hydrogen (secondary N) is 2. The van der Waals surface area contributed by atoms with E-state index in [1.54, 1.807) is 11.0 Å². The Balaban J connectivity index is 1.93. The molecule has 30 heavy (non-hydrogen) atoms. The van der Waals surface area contributed by atoms with Crippen molar-refractivity contribution in [3.05, 3.63) is 64.9 Å². The summed E-state index contributed by atoms with van der Waals surface area (Å²) in [5, 5.41) is 6.27. The third-order valence-corrected chi connectivity index (χ3v) is 5.19. The van der Waals surface area contributed by atoms with Crippen LogP contribution in [0, 0.1) is 0 Å². The lowest BCUT2D eigenvalue weighted by Crippen LogP contribution is -2.30. The first-order valence-electron chi connectivity index (χ1n) is 10.3. The Bertz CT molecular complexity index is 990. The first-order chi connectivity index (χ1) is 14.3. The number of anilines is 2. The number of allylic oxidation sites excluding steroid dienone is 1. The Kier molecular flexibility index (Phi) is 6.57. The second-order valence-corrected chi connectivity index (χ2v) is 7.76. The fourth-order valence-corrected chi connectivity index (χ4v) is 3.76. The molecule has 2 amide bonds. The van der Waals surface area contributed by atoms with Crippen LogP contribution in [0.1, 0.15) is 42.3 Å². The van der Waals surface area contributed by atoms with E-state index in [0.29, 0.717) is 24.2 Å². The Hall–Kier alpha value is -3.12. The van der Waals surface area contributed by atoms with Gasteiger partial charge in [-0.05, 0) is 70.8 Å². The second kappa shape index (κ2) is 9.13. The molecule has 0 spiro atoms. The summed E-state index contributed by atoms with van der Waals surface area (Å²) in [5.74, 6) is -0.185. The van der Waals surface area contributed by atoms with E-state index < -0.39 is 0 Å². The number of rotatable bonds is 7. The van der Waals surface area contributed by atoms with E-state index in [2.05, 4.69) is 27.7 Å². The number of carbonyl (C=O) groups is 2. The van der Waals surface area contributed by atoms with Gasteiger partial charge in [-0.3, -0.25) is 9.59 Å². The third-order valence-electron chi connectivity index (χ3n) is 5.19. The monoisotopic (exact) mass is 406 g/mol. The lowest BCUT2D eigenvalue weighted by atomic mass is 10.0. The minimum atomic E-state index is -0.160. The normalized spacial score (nSPS) is 14.4. The third kappa shape index (κ3) is 4.54. The first kappa shape index (κ1) is 21.6. The van der Waals surface area contributed by atoms with Crippen LogP contribution in [0.3, 0.4) is 0 Å². The van der Waals surface area contributed by atoms with Gasteiger partial charge in [0.1, 0.15) is 0 Å². The molecule has 0 bridgehead atoms. The summed E-state index contributed by atoms with van der Waals surface area (Å²) in [6.45, 7) is 7.95. The van der Waals surface area contributed by atoms with Gasteiger partial charge >= 0.3 is 0 Å².